The van der Waals surface area contributed by atoms with E-state index in [1.54, 1.807) is 13.1 Å². The first-order valence-electron chi connectivity index (χ1n) is 6.50. The number of carbonyl (C=O) groups excluding carboxylic acids is 2. The summed E-state index contributed by atoms with van der Waals surface area (Å²) in [5.74, 6) is -0.555. The Bertz CT molecular complexity index is 892. The third-order valence-corrected chi connectivity index (χ3v) is 3.85. The number of benzene rings is 1. The fourth-order valence-corrected chi connectivity index (χ4v) is 2.80. The topological polar surface area (TPSA) is 72.1 Å². The van der Waals surface area contributed by atoms with Crippen molar-refractivity contribution in [1.82, 2.24) is 9.97 Å². The van der Waals surface area contributed by atoms with E-state index in [2.05, 4.69) is 16.5 Å². The lowest BCUT2D eigenvalue weighted by molar-refractivity contribution is 0.0622. The molecule has 0 spiro atoms. The van der Waals surface area contributed by atoms with Crippen LogP contribution in [0.1, 0.15) is 32.8 Å². The molecule has 3 aromatic rings. The number of para-hydroxylation sites is 1. The Hall–Kier alpha value is -2.73. The molecule has 110 valence electrons. The van der Waals surface area contributed by atoms with Crippen molar-refractivity contribution in [2.45, 2.75) is 6.92 Å². The first-order valence-corrected chi connectivity index (χ1v) is 7.38. The second-order valence-electron chi connectivity index (χ2n) is 4.71. The average molecular weight is 312 g/mol. The van der Waals surface area contributed by atoms with Crippen molar-refractivity contribution in [3.8, 4) is 0 Å². The summed E-state index contributed by atoms with van der Waals surface area (Å²) >= 11 is 1.11. The van der Waals surface area contributed by atoms with Crippen LogP contribution in [0.3, 0.4) is 0 Å². The zero-order valence-corrected chi connectivity index (χ0v) is 12.6. The molecule has 0 saturated heterocycles. The van der Waals surface area contributed by atoms with Gasteiger partial charge in [-0.15, -0.1) is 11.3 Å². The largest absolute Gasteiger partial charge is 0.427 e. The maximum absolute atomic E-state index is 12.5. The molecular formula is C16H12N2O3S. The number of fused-ring (bicyclic) bond motifs is 1. The van der Waals surface area contributed by atoms with Crippen LogP contribution in [0.2, 0.25) is 0 Å². The van der Waals surface area contributed by atoms with Crippen LogP contribution in [0, 0.1) is 0 Å². The molecule has 0 unspecified atom stereocenters. The van der Waals surface area contributed by atoms with Crippen LogP contribution in [0.4, 0.5) is 0 Å². The molecule has 3 rings (SSSR count). The number of aromatic nitrogens is 2. The Morgan fingerprint density at radius 3 is 2.86 bits per heavy atom. The third kappa shape index (κ3) is 2.56. The quantitative estimate of drug-likeness (QED) is 0.454. The Kier molecular flexibility index (Phi) is 3.60. The summed E-state index contributed by atoms with van der Waals surface area (Å²) in [7, 11) is 0. The number of esters is 1. The first-order chi connectivity index (χ1) is 10.6. The van der Waals surface area contributed by atoms with Crippen LogP contribution in [-0.4, -0.2) is 21.7 Å². The molecule has 2 heterocycles. The van der Waals surface area contributed by atoms with Gasteiger partial charge in [0.1, 0.15) is 0 Å². The van der Waals surface area contributed by atoms with Crippen LogP contribution >= 0.6 is 11.3 Å². The van der Waals surface area contributed by atoms with E-state index in [-0.39, 0.29) is 22.2 Å². The van der Waals surface area contributed by atoms with Gasteiger partial charge in [0.05, 0.1) is 11.3 Å². The number of ketones is 1. The lowest BCUT2D eigenvalue weighted by Crippen LogP contribution is -2.05. The number of nitrogens with one attached hydrogen (secondary N) is 1. The van der Waals surface area contributed by atoms with Crippen molar-refractivity contribution in [1.29, 1.82) is 0 Å². The summed E-state index contributed by atoms with van der Waals surface area (Å²) in [6.45, 7) is 5.07. The molecule has 0 aliphatic heterocycles. The van der Waals surface area contributed by atoms with Gasteiger partial charge >= 0.3 is 5.97 Å². The molecule has 0 aliphatic rings. The summed E-state index contributed by atoms with van der Waals surface area (Å²) in [6.07, 6.45) is 1.65. The number of nitrogens with zero attached hydrogens (tertiary/aromatic N) is 1. The number of rotatable bonds is 4. The van der Waals surface area contributed by atoms with E-state index >= 15 is 0 Å². The molecule has 22 heavy (non-hydrogen) atoms. The summed E-state index contributed by atoms with van der Waals surface area (Å²) in [6, 6.07) is 7.51. The Balaban J connectivity index is 1.91. The van der Waals surface area contributed by atoms with Gasteiger partial charge in [-0.1, -0.05) is 24.8 Å². The monoisotopic (exact) mass is 312 g/mol. The predicted octanol–water partition coefficient (Wildman–Crippen LogP) is 3.55. The minimum absolute atomic E-state index is 0.108. The minimum Gasteiger partial charge on any atom is -0.427 e. The second kappa shape index (κ2) is 5.57. The van der Waals surface area contributed by atoms with Gasteiger partial charge in [-0.2, -0.15) is 0 Å². The summed E-state index contributed by atoms with van der Waals surface area (Å²) < 4.78 is 4.88. The van der Waals surface area contributed by atoms with E-state index < -0.39 is 5.97 Å². The number of ether oxygens (including phenoxy) is 1. The highest BCUT2D eigenvalue weighted by atomic mass is 32.1. The molecule has 0 fully saturated rings. The average Bonchev–Trinajstić information content (AvgIpc) is 3.13. The van der Waals surface area contributed by atoms with Crippen molar-refractivity contribution in [2.75, 3.05) is 0 Å². The molecule has 2 aromatic heterocycles. The van der Waals surface area contributed by atoms with Crippen LogP contribution in [0.25, 0.3) is 10.9 Å². The SMILES string of the molecule is C=C(C)OC(=O)c1csc(C(=O)c2c[nH]c3ccccc23)n1. The Morgan fingerprint density at radius 1 is 1.32 bits per heavy atom. The van der Waals surface area contributed by atoms with Crippen molar-refractivity contribution >= 4 is 34.0 Å². The fourth-order valence-electron chi connectivity index (χ4n) is 2.06. The maximum atomic E-state index is 12.5. The summed E-state index contributed by atoms with van der Waals surface area (Å²) in [4.78, 5) is 31.4. The molecule has 1 aromatic carbocycles. The van der Waals surface area contributed by atoms with Gasteiger partial charge in [0.15, 0.2) is 10.7 Å². The number of hydrogen-bond acceptors (Lipinski definition) is 5. The van der Waals surface area contributed by atoms with E-state index in [1.165, 1.54) is 5.38 Å². The number of aromatic amines is 1. The zero-order valence-electron chi connectivity index (χ0n) is 11.8. The van der Waals surface area contributed by atoms with Gasteiger partial charge in [0.2, 0.25) is 5.78 Å². The first kappa shape index (κ1) is 14.2. The maximum Gasteiger partial charge on any atom is 0.362 e. The molecule has 1 N–H and O–H groups in total. The van der Waals surface area contributed by atoms with E-state index in [4.69, 9.17) is 4.74 Å². The third-order valence-electron chi connectivity index (χ3n) is 3.01. The number of thiazole rings is 1. The van der Waals surface area contributed by atoms with Gasteiger partial charge in [0, 0.05) is 22.5 Å². The van der Waals surface area contributed by atoms with Crippen LogP contribution < -0.4 is 0 Å². The highest BCUT2D eigenvalue weighted by molar-refractivity contribution is 7.12. The molecule has 0 atom stereocenters. The van der Waals surface area contributed by atoms with Gasteiger partial charge in [-0.05, 0) is 13.0 Å². The molecule has 0 saturated carbocycles. The molecular weight excluding hydrogens is 300 g/mol. The van der Waals surface area contributed by atoms with Gasteiger partial charge in [-0.25, -0.2) is 9.78 Å². The molecule has 0 radical (unpaired) electrons. The van der Waals surface area contributed by atoms with Crippen LogP contribution in [0.15, 0.2) is 48.2 Å². The standard InChI is InChI=1S/C16H12N2O3S/c1-9(2)21-16(20)13-8-22-15(18-13)14(19)11-7-17-12-6-4-3-5-10(11)12/h3-8,17H,1H2,2H3. The molecule has 0 amide bonds. The number of carbonyl (C=O) groups is 2. The van der Waals surface area contributed by atoms with Crippen molar-refractivity contribution in [2.24, 2.45) is 0 Å². The number of allylic oxidation sites excluding steroid dienone is 1. The summed E-state index contributed by atoms with van der Waals surface area (Å²) in [5.41, 5.74) is 1.52. The van der Waals surface area contributed by atoms with Crippen molar-refractivity contribution < 1.29 is 14.3 Å². The summed E-state index contributed by atoms with van der Waals surface area (Å²) in [5, 5.41) is 2.58. The van der Waals surface area contributed by atoms with Crippen LogP contribution in [-0.2, 0) is 4.74 Å². The molecule has 0 bridgehead atoms. The Morgan fingerprint density at radius 2 is 2.09 bits per heavy atom. The van der Waals surface area contributed by atoms with Crippen molar-refractivity contribution in [3.05, 3.63) is 64.4 Å². The van der Waals surface area contributed by atoms with E-state index in [0.29, 0.717) is 5.56 Å². The zero-order chi connectivity index (χ0) is 15.7. The number of H-pyrrole nitrogens is 1. The second-order valence-corrected chi connectivity index (χ2v) is 5.56. The van der Waals surface area contributed by atoms with E-state index in [9.17, 15) is 9.59 Å². The fraction of sp³-hybridized carbons (Fsp3) is 0.0625. The number of hydrogen-bond donors (Lipinski definition) is 1. The normalized spacial score (nSPS) is 10.6. The smallest absolute Gasteiger partial charge is 0.362 e. The lowest BCUT2D eigenvalue weighted by Gasteiger charge is -1.98. The molecule has 5 nitrogen and oxygen atoms in total. The lowest BCUT2D eigenvalue weighted by atomic mass is 10.1. The predicted molar refractivity (Wildman–Crippen MR) is 84.1 cm³/mol. The van der Waals surface area contributed by atoms with Crippen LogP contribution in [0.5, 0.6) is 0 Å². The van der Waals surface area contributed by atoms with Gasteiger partial charge in [-0.3, -0.25) is 4.79 Å². The highest BCUT2D eigenvalue weighted by Gasteiger charge is 2.20. The van der Waals surface area contributed by atoms with E-state index in [0.717, 1.165) is 22.2 Å². The van der Waals surface area contributed by atoms with E-state index in [1.807, 2.05) is 24.3 Å². The minimum atomic E-state index is -0.610. The Labute approximate surface area is 130 Å². The van der Waals surface area contributed by atoms with Gasteiger partial charge < -0.3 is 9.72 Å². The molecule has 0 aliphatic carbocycles. The highest BCUT2D eigenvalue weighted by Crippen LogP contribution is 2.22. The van der Waals surface area contributed by atoms with Gasteiger partial charge in [0.25, 0.3) is 0 Å². The van der Waals surface area contributed by atoms with Crippen molar-refractivity contribution in [3.63, 3.8) is 0 Å². The molecule has 6 heteroatoms.